The zero-order valence-corrected chi connectivity index (χ0v) is 21.5. The Morgan fingerprint density at radius 3 is 2.54 bits per heavy atom. The number of nitrogens with one attached hydrogen (secondary N) is 1. The van der Waals surface area contributed by atoms with Crippen molar-refractivity contribution in [3.63, 3.8) is 0 Å². The van der Waals surface area contributed by atoms with Crippen molar-refractivity contribution in [2.24, 2.45) is 5.92 Å². The standard InChI is InChI=1S/C25H26ClF3N2O5S/c1-36-22-11-8-19(26)15-21(22)24(33)31-13-4-5-17(16-31)23(32)30-12-2-3-14-37(34,35)20-9-6-18(7-10-20)25(27,28)29/h3,6-11,14-15,17H,2,4-5,12-13,16H2,1H3,(H,30,32)/b14-3+. The SMILES string of the molecule is COc1ccc(Cl)cc1C(=O)N1CCCC(C(=O)NCC/C=C/S(=O)(=O)c2ccc(C(F)(F)F)cc2)C1. The van der Waals surface area contributed by atoms with Gasteiger partial charge in [-0.3, -0.25) is 9.59 Å². The second-order valence-corrected chi connectivity index (χ2v) is 10.7. The molecule has 37 heavy (non-hydrogen) atoms. The normalized spacial score (nSPS) is 16.6. The van der Waals surface area contributed by atoms with Gasteiger partial charge in [-0.1, -0.05) is 17.7 Å². The fourth-order valence-corrected chi connectivity index (χ4v) is 5.16. The first-order valence-corrected chi connectivity index (χ1v) is 13.3. The molecular formula is C25H26ClF3N2O5S. The highest BCUT2D eigenvalue weighted by atomic mass is 35.5. The van der Waals surface area contributed by atoms with Crippen LogP contribution in [-0.2, 0) is 20.8 Å². The number of carbonyl (C=O) groups excluding carboxylic acids is 2. The van der Waals surface area contributed by atoms with Crippen molar-refractivity contribution < 1.29 is 35.9 Å². The Balaban J connectivity index is 1.51. The van der Waals surface area contributed by atoms with Crippen LogP contribution in [-0.4, -0.2) is 51.9 Å². The fourth-order valence-electron chi connectivity index (χ4n) is 3.92. The molecule has 1 atom stereocenters. The van der Waals surface area contributed by atoms with E-state index >= 15 is 0 Å². The van der Waals surface area contributed by atoms with Gasteiger partial charge in [-0.2, -0.15) is 13.2 Å². The lowest BCUT2D eigenvalue weighted by molar-refractivity contribution is -0.137. The third-order valence-corrected chi connectivity index (χ3v) is 7.58. The number of methoxy groups -OCH3 is 1. The summed E-state index contributed by atoms with van der Waals surface area (Å²) in [5.74, 6) is -0.579. The number of likely N-dealkylation sites (tertiary alicyclic amines) is 1. The molecule has 0 bridgehead atoms. The summed E-state index contributed by atoms with van der Waals surface area (Å²) in [5, 5.41) is 4.04. The van der Waals surface area contributed by atoms with Crippen molar-refractivity contribution in [3.8, 4) is 5.75 Å². The molecule has 1 heterocycles. The van der Waals surface area contributed by atoms with Crippen LogP contribution in [0.3, 0.4) is 0 Å². The molecule has 2 aromatic carbocycles. The topological polar surface area (TPSA) is 92.8 Å². The lowest BCUT2D eigenvalue weighted by Crippen LogP contribution is -2.45. The van der Waals surface area contributed by atoms with Gasteiger partial charge < -0.3 is 15.0 Å². The van der Waals surface area contributed by atoms with E-state index in [1.165, 1.54) is 19.3 Å². The molecule has 1 aliphatic heterocycles. The minimum absolute atomic E-state index is 0.157. The maximum atomic E-state index is 13.0. The Morgan fingerprint density at radius 1 is 1.19 bits per heavy atom. The number of halogens is 4. The quantitative estimate of drug-likeness (QED) is 0.474. The molecule has 0 saturated carbocycles. The summed E-state index contributed by atoms with van der Waals surface area (Å²) in [4.78, 5) is 27.0. The summed E-state index contributed by atoms with van der Waals surface area (Å²) in [7, 11) is -2.47. The fraction of sp³-hybridized carbons (Fsp3) is 0.360. The molecule has 12 heteroatoms. The third kappa shape index (κ3) is 7.48. The number of carbonyl (C=O) groups is 2. The molecule has 0 aromatic heterocycles. The van der Waals surface area contributed by atoms with Crippen LogP contribution in [0.1, 0.15) is 35.2 Å². The maximum Gasteiger partial charge on any atom is 0.416 e. The average molecular weight is 559 g/mol. The molecule has 2 aromatic rings. The smallest absolute Gasteiger partial charge is 0.416 e. The van der Waals surface area contributed by atoms with Crippen molar-refractivity contribution in [1.82, 2.24) is 10.2 Å². The van der Waals surface area contributed by atoms with E-state index in [0.717, 1.165) is 17.5 Å². The zero-order valence-electron chi connectivity index (χ0n) is 19.9. The van der Waals surface area contributed by atoms with Gasteiger partial charge in [-0.05, 0) is 61.7 Å². The van der Waals surface area contributed by atoms with Gasteiger partial charge in [0.15, 0.2) is 9.84 Å². The molecule has 0 radical (unpaired) electrons. The Labute approximate surface area is 218 Å². The van der Waals surface area contributed by atoms with Crippen molar-refractivity contribution in [1.29, 1.82) is 0 Å². The second kappa shape index (κ2) is 12.0. The molecule has 0 spiro atoms. The Bertz CT molecular complexity index is 1260. The first-order chi connectivity index (χ1) is 17.4. The molecular weight excluding hydrogens is 533 g/mol. The molecule has 1 aliphatic rings. The number of hydrogen-bond acceptors (Lipinski definition) is 5. The third-order valence-electron chi connectivity index (χ3n) is 5.87. The molecule has 1 fully saturated rings. The largest absolute Gasteiger partial charge is 0.496 e. The van der Waals surface area contributed by atoms with Crippen LogP contribution < -0.4 is 10.1 Å². The first kappa shape index (κ1) is 28.5. The summed E-state index contributed by atoms with van der Waals surface area (Å²) < 4.78 is 67.9. The Morgan fingerprint density at radius 2 is 1.89 bits per heavy atom. The van der Waals surface area contributed by atoms with Crippen LogP contribution in [0.4, 0.5) is 13.2 Å². The number of rotatable bonds is 8. The van der Waals surface area contributed by atoms with E-state index in [1.807, 2.05) is 0 Å². The number of sulfone groups is 1. The van der Waals surface area contributed by atoms with E-state index in [1.54, 1.807) is 17.0 Å². The highest BCUT2D eigenvalue weighted by Crippen LogP contribution is 2.30. The van der Waals surface area contributed by atoms with Gasteiger partial charge in [0.25, 0.3) is 5.91 Å². The molecule has 3 rings (SSSR count). The highest BCUT2D eigenvalue weighted by Gasteiger charge is 2.31. The van der Waals surface area contributed by atoms with Gasteiger partial charge in [0, 0.05) is 30.1 Å². The number of piperidine rings is 1. The summed E-state index contributed by atoms with van der Waals surface area (Å²) >= 11 is 6.03. The number of amides is 2. The molecule has 2 amide bonds. The van der Waals surface area contributed by atoms with Crippen LogP contribution in [0.2, 0.25) is 5.02 Å². The second-order valence-electron chi connectivity index (χ2n) is 8.45. The Kier molecular flexibility index (Phi) is 9.25. The van der Waals surface area contributed by atoms with Gasteiger partial charge in [0.05, 0.1) is 29.1 Å². The van der Waals surface area contributed by atoms with E-state index < -0.39 is 27.5 Å². The minimum Gasteiger partial charge on any atom is -0.496 e. The molecule has 1 unspecified atom stereocenters. The number of ether oxygens (including phenoxy) is 1. The van der Waals surface area contributed by atoms with Gasteiger partial charge in [0.2, 0.25) is 5.91 Å². The van der Waals surface area contributed by atoms with E-state index in [0.29, 0.717) is 47.9 Å². The van der Waals surface area contributed by atoms with Gasteiger partial charge in [-0.25, -0.2) is 8.42 Å². The monoisotopic (exact) mass is 558 g/mol. The number of benzene rings is 2. The van der Waals surface area contributed by atoms with Gasteiger partial charge in [-0.15, -0.1) is 0 Å². The van der Waals surface area contributed by atoms with E-state index in [2.05, 4.69) is 5.32 Å². The Hall–Kier alpha value is -3.05. The molecule has 200 valence electrons. The predicted molar refractivity (Wildman–Crippen MR) is 132 cm³/mol. The van der Waals surface area contributed by atoms with Crippen molar-refractivity contribution in [2.45, 2.75) is 30.3 Å². The molecule has 7 nitrogen and oxygen atoms in total. The van der Waals surface area contributed by atoms with E-state index in [-0.39, 0.29) is 36.2 Å². The predicted octanol–water partition coefficient (Wildman–Crippen LogP) is 4.71. The van der Waals surface area contributed by atoms with Crippen molar-refractivity contribution >= 4 is 33.3 Å². The van der Waals surface area contributed by atoms with Crippen LogP contribution in [0, 0.1) is 5.92 Å². The van der Waals surface area contributed by atoms with Crippen LogP contribution in [0.25, 0.3) is 0 Å². The maximum absolute atomic E-state index is 13.0. The van der Waals surface area contributed by atoms with Gasteiger partial charge >= 0.3 is 6.18 Å². The van der Waals surface area contributed by atoms with Crippen LogP contribution in [0.15, 0.2) is 58.8 Å². The number of nitrogens with zero attached hydrogens (tertiary/aromatic N) is 1. The highest BCUT2D eigenvalue weighted by molar-refractivity contribution is 7.94. The van der Waals surface area contributed by atoms with Crippen molar-refractivity contribution in [2.75, 3.05) is 26.7 Å². The molecule has 0 aliphatic carbocycles. The lowest BCUT2D eigenvalue weighted by atomic mass is 9.96. The van der Waals surface area contributed by atoms with E-state index in [4.69, 9.17) is 16.3 Å². The first-order valence-electron chi connectivity index (χ1n) is 11.4. The van der Waals surface area contributed by atoms with Gasteiger partial charge in [0.1, 0.15) is 5.75 Å². The zero-order chi connectivity index (χ0) is 27.2. The van der Waals surface area contributed by atoms with Crippen LogP contribution in [0.5, 0.6) is 5.75 Å². The van der Waals surface area contributed by atoms with E-state index in [9.17, 15) is 31.2 Å². The van der Waals surface area contributed by atoms with Crippen molar-refractivity contribution in [3.05, 3.63) is 70.1 Å². The summed E-state index contributed by atoms with van der Waals surface area (Å²) in [6.07, 6.45) is -1.80. The molecule has 1 saturated heterocycles. The summed E-state index contributed by atoms with van der Waals surface area (Å²) in [6.45, 7) is 0.867. The average Bonchev–Trinajstić information content (AvgIpc) is 2.87. The molecule has 1 N–H and O–H groups in total. The minimum atomic E-state index is -4.55. The number of alkyl halides is 3. The number of hydrogen-bond donors (Lipinski definition) is 1. The lowest BCUT2D eigenvalue weighted by Gasteiger charge is -2.32. The summed E-state index contributed by atoms with van der Waals surface area (Å²) in [5.41, 5.74) is -0.622. The summed E-state index contributed by atoms with van der Waals surface area (Å²) in [6, 6.07) is 7.97. The van der Waals surface area contributed by atoms with Crippen LogP contribution >= 0.6 is 11.6 Å².